The van der Waals surface area contributed by atoms with Crippen LogP contribution in [0.4, 0.5) is 8.78 Å². The Morgan fingerprint density at radius 1 is 1.00 bits per heavy atom. The maximum atomic E-state index is 13.6. The maximum Gasteiger partial charge on any atom is 0.254 e. The van der Waals surface area contributed by atoms with Gasteiger partial charge in [0.05, 0.1) is 11.6 Å². The van der Waals surface area contributed by atoms with E-state index in [9.17, 15) is 13.6 Å². The average Bonchev–Trinajstić information content (AvgIpc) is 2.46. The molecular weight excluding hydrogens is 272 g/mol. The van der Waals surface area contributed by atoms with Crippen LogP contribution in [0.1, 0.15) is 35.8 Å². The molecule has 0 radical (unpaired) electrons. The summed E-state index contributed by atoms with van der Waals surface area (Å²) in [5.41, 5.74) is 0.793. The smallest absolute Gasteiger partial charge is 0.254 e. The lowest BCUT2D eigenvalue weighted by molar-refractivity contribution is 0.0921. The number of hydrogen-bond donors (Lipinski definition) is 1. The summed E-state index contributed by atoms with van der Waals surface area (Å²) in [5, 5.41) is 2.81. The zero-order valence-electron chi connectivity index (χ0n) is 11.9. The van der Waals surface area contributed by atoms with E-state index in [2.05, 4.69) is 5.32 Å². The molecule has 0 saturated heterocycles. The SMILES string of the molecule is CC(C)[C@@H](NC(=O)c1ccccc1F)c1ccc(F)cc1. The first-order valence-corrected chi connectivity index (χ1v) is 6.80. The van der Waals surface area contributed by atoms with E-state index in [1.807, 2.05) is 13.8 Å². The molecule has 0 saturated carbocycles. The first kappa shape index (κ1) is 15.2. The van der Waals surface area contributed by atoms with Crippen LogP contribution in [0.15, 0.2) is 48.5 Å². The Bertz CT molecular complexity index is 623. The zero-order chi connectivity index (χ0) is 15.4. The predicted molar refractivity (Wildman–Crippen MR) is 77.8 cm³/mol. The van der Waals surface area contributed by atoms with Gasteiger partial charge in [-0.2, -0.15) is 0 Å². The molecule has 2 nitrogen and oxygen atoms in total. The van der Waals surface area contributed by atoms with Crippen molar-refractivity contribution in [1.29, 1.82) is 0 Å². The highest BCUT2D eigenvalue weighted by Crippen LogP contribution is 2.22. The van der Waals surface area contributed by atoms with Crippen molar-refractivity contribution in [3.05, 3.63) is 71.3 Å². The first-order valence-electron chi connectivity index (χ1n) is 6.80. The van der Waals surface area contributed by atoms with Gasteiger partial charge >= 0.3 is 0 Å². The zero-order valence-corrected chi connectivity index (χ0v) is 11.9. The summed E-state index contributed by atoms with van der Waals surface area (Å²) < 4.78 is 26.6. The molecule has 0 bridgehead atoms. The molecule has 4 heteroatoms. The molecule has 1 N–H and O–H groups in total. The number of halogens is 2. The number of hydrogen-bond acceptors (Lipinski definition) is 1. The quantitative estimate of drug-likeness (QED) is 0.902. The van der Waals surface area contributed by atoms with Crippen LogP contribution in [0.3, 0.4) is 0 Å². The molecular formula is C17H17F2NO. The fourth-order valence-corrected chi connectivity index (χ4v) is 2.17. The van der Waals surface area contributed by atoms with E-state index < -0.39 is 11.7 Å². The Hall–Kier alpha value is -2.23. The minimum atomic E-state index is -0.559. The molecule has 2 aromatic carbocycles. The molecule has 110 valence electrons. The van der Waals surface area contributed by atoms with Crippen LogP contribution in [0.5, 0.6) is 0 Å². The fraction of sp³-hybridized carbons (Fsp3) is 0.235. The second kappa shape index (κ2) is 6.48. The van der Waals surface area contributed by atoms with Crippen LogP contribution in [-0.4, -0.2) is 5.91 Å². The topological polar surface area (TPSA) is 29.1 Å². The van der Waals surface area contributed by atoms with E-state index in [1.54, 1.807) is 18.2 Å². The lowest BCUT2D eigenvalue weighted by Crippen LogP contribution is -2.32. The molecule has 2 aromatic rings. The van der Waals surface area contributed by atoms with Crippen molar-refractivity contribution in [3.63, 3.8) is 0 Å². The van der Waals surface area contributed by atoms with E-state index in [0.29, 0.717) is 0 Å². The van der Waals surface area contributed by atoms with E-state index in [1.165, 1.54) is 30.3 Å². The largest absolute Gasteiger partial charge is 0.345 e. The van der Waals surface area contributed by atoms with Crippen LogP contribution in [0.25, 0.3) is 0 Å². The monoisotopic (exact) mass is 289 g/mol. The van der Waals surface area contributed by atoms with Gasteiger partial charge in [0.25, 0.3) is 5.91 Å². The number of carbonyl (C=O) groups is 1. The van der Waals surface area contributed by atoms with Crippen molar-refractivity contribution < 1.29 is 13.6 Å². The summed E-state index contributed by atoms with van der Waals surface area (Å²) in [6.45, 7) is 3.88. The third-order valence-corrected chi connectivity index (χ3v) is 3.30. The molecule has 0 aliphatic carbocycles. The molecule has 1 amide bonds. The molecule has 21 heavy (non-hydrogen) atoms. The Morgan fingerprint density at radius 2 is 1.62 bits per heavy atom. The lowest BCUT2D eigenvalue weighted by atomic mass is 9.95. The minimum Gasteiger partial charge on any atom is -0.345 e. The van der Waals surface area contributed by atoms with Gasteiger partial charge in [-0.3, -0.25) is 4.79 Å². The molecule has 0 aliphatic heterocycles. The van der Waals surface area contributed by atoms with Crippen LogP contribution in [0, 0.1) is 17.6 Å². The molecule has 1 atom stereocenters. The number of carbonyl (C=O) groups excluding carboxylic acids is 1. The third kappa shape index (κ3) is 3.66. The molecule has 0 unspecified atom stereocenters. The summed E-state index contributed by atoms with van der Waals surface area (Å²) in [5.74, 6) is -1.28. The maximum absolute atomic E-state index is 13.6. The van der Waals surface area contributed by atoms with Crippen molar-refractivity contribution in [2.75, 3.05) is 0 Å². The van der Waals surface area contributed by atoms with Gasteiger partial charge < -0.3 is 5.32 Å². The molecule has 0 aromatic heterocycles. The first-order chi connectivity index (χ1) is 9.99. The van der Waals surface area contributed by atoms with Gasteiger partial charge in [-0.1, -0.05) is 38.1 Å². The number of amides is 1. The second-order valence-electron chi connectivity index (χ2n) is 5.23. The number of rotatable bonds is 4. The van der Waals surface area contributed by atoms with Crippen molar-refractivity contribution in [2.24, 2.45) is 5.92 Å². The Labute approximate surface area is 122 Å². The van der Waals surface area contributed by atoms with Gasteiger partial charge in [-0.05, 0) is 35.7 Å². The molecule has 0 spiro atoms. The van der Waals surface area contributed by atoms with E-state index >= 15 is 0 Å². The molecule has 0 fully saturated rings. The standard InChI is InChI=1S/C17H17F2NO/c1-11(2)16(12-7-9-13(18)10-8-12)20-17(21)14-5-3-4-6-15(14)19/h3-11,16H,1-2H3,(H,20,21)/t16-/m1/s1. The third-order valence-electron chi connectivity index (χ3n) is 3.30. The van der Waals surface area contributed by atoms with Crippen LogP contribution in [0.2, 0.25) is 0 Å². The highest BCUT2D eigenvalue weighted by molar-refractivity contribution is 5.94. The van der Waals surface area contributed by atoms with E-state index in [4.69, 9.17) is 0 Å². The molecule has 2 rings (SSSR count). The van der Waals surface area contributed by atoms with Gasteiger partial charge in [-0.15, -0.1) is 0 Å². The van der Waals surface area contributed by atoms with Crippen LogP contribution < -0.4 is 5.32 Å². The second-order valence-corrected chi connectivity index (χ2v) is 5.23. The predicted octanol–water partition coefficient (Wildman–Crippen LogP) is 4.09. The van der Waals surface area contributed by atoms with E-state index in [-0.39, 0.29) is 23.3 Å². The van der Waals surface area contributed by atoms with Gasteiger partial charge in [0.15, 0.2) is 0 Å². The Morgan fingerprint density at radius 3 is 2.19 bits per heavy atom. The van der Waals surface area contributed by atoms with Crippen molar-refractivity contribution in [1.82, 2.24) is 5.32 Å². The highest BCUT2D eigenvalue weighted by Gasteiger charge is 2.20. The summed E-state index contributed by atoms with van der Waals surface area (Å²) in [6, 6.07) is 11.5. The summed E-state index contributed by atoms with van der Waals surface area (Å²) in [7, 11) is 0. The number of nitrogens with one attached hydrogen (secondary N) is 1. The minimum absolute atomic E-state index is 0.00487. The summed E-state index contributed by atoms with van der Waals surface area (Å²) in [4.78, 5) is 12.2. The van der Waals surface area contributed by atoms with Gasteiger partial charge in [-0.25, -0.2) is 8.78 Å². The van der Waals surface area contributed by atoms with Crippen LogP contribution >= 0.6 is 0 Å². The summed E-state index contributed by atoms with van der Waals surface area (Å²) >= 11 is 0. The average molecular weight is 289 g/mol. The van der Waals surface area contributed by atoms with E-state index in [0.717, 1.165) is 5.56 Å². The van der Waals surface area contributed by atoms with Gasteiger partial charge in [0, 0.05) is 0 Å². The normalized spacial score (nSPS) is 12.2. The summed E-state index contributed by atoms with van der Waals surface area (Å²) in [6.07, 6.45) is 0. The van der Waals surface area contributed by atoms with Gasteiger partial charge in [0.1, 0.15) is 11.6 Å². The lowest BCUT2D eigenvalue weighted by Gasteiger charge is -2.23. The molecule has 0 heterocycles. The Balaban J connectivity index is 2.23. The van der Waals surface area contributed by atoms with Crippen molar-refractivity contribution >= 4 is 5.91 Å². The van der Waals surface area contributed by atoms with Crippen molar-refractivity contribution in [2.45, 2.75) is 19.9 Å². The molecule has 0 aliphatic rings. The van der Waals surface area contributed by atoms with Crippen LogP contribution in [-0.2, 0) is 0 Å². The fourth-order valence-electron chi connectivity index (χ4n) is 2.17. The number of benzene rings is 2. The van der Waals surface area contributed by atoms with Crippen molar-refractivity contribution in [3.8, 4) is 0 Å². The van der Waals surface area contributed by atoms with Gasteiger partial charge in [0.2, 0.25) is 0 Å². The highest BCUT2D eigenvalue weighted by atomic mass is 19.1. The Kier molecular flexibility index (Phi) is 4.68.